The molecule has 3 heterocycles. The Kier molecular flexibility index (Phi) is 4.19. The zero-order chi connectivity index (χ0) is 16.4. The van der Waals surface area contributed by atoms with Gasteiger partial charge in [0.15, 0.2) is 11.8 Å². The van der Waals surface area contributed by atoms with Gasteiger partial charge < -0.3 is 14.8 Å². The number of aliphatic imine (C=N–C) groups is 1. The number of benzene rings is 1. The van der Waals surface area contributed by atoms with Gasteiger partial charge in [0, 0.05) is 39.0 Å². The Balaban J connectivity index is 1.38. The first-order valence-corrected chi connectivity index (χ1v) is 8.76. The Hall–Kier alpha value is -2.37. The molecular formula is C18H24N6. The van der Waals surface area contributed by atoms with E-state index in [1.807, 2.05) is 7.05 Å². The van der Waals surface area contributed by atoms with Gasteiger partial charge in [-0.15, -0.1) is 10.2 Å². The predicted octanol–water partition coefficient (Wildman–Crippen LogP) is 1.79. The van der Waals surface area contributed by atoms with Gasteiger partial charge in [-0.2, -0.15) is 0 Å². The van der Waals surface area contributed by atoms with E-state index in [1.165, 1.54) is 18.4 Å². The molecule has 24 heavy (non-hydrogen) atoms. The molecule has 2 aliphatic heterocycles. The molecule has 0 saturated carbocycles. The van der Waals surface area contributed by atoms with Gasteiger partial charge >= 0.3 is 0 Å². The lowest BCUT2D eigenvalue weighted by atomic mass is 9.99. The minimum atomic E-state index is 0.585. The van der Waals surface area contributed by atoms with Crippen molar-refractivity contribution in [3.63, 3.8) is 0 Å². The van der Waals surface area contributed by atoms with E-state index in [0.717, 1.165) is 43.7 Å². The topological polar surface area (TPSA) is 58.3 Å². The zero-order valence-corrected chi connectivity index (χ0v) is 14.1. The molecule has 0 bridgehead atoms. The van der Waals surface area contributed by atoms with E-state index in [9.17, 15) is 0 Å². The molecular weight excluding hydrogens is 300 g/mol. The average molecular weight is 324 g/mol. The quantitative estimate of drug-likeness (QED) is 0.691. The molecule has 2 aromatic rings. The number of aromatic nitrogens is 3. The molecule has 126 valence electrons. The Morgan fingerprint density at radius 2 is 2.12 bits per heavy atom. The number of fused-ring (bicyclic) bond motifs is 1. The van der Waals surface area contributed by atoms with Gasteiger partial charge in [-0.25, -0.2) is 0 Å². The number of guanidine groups is 1. The predicted molar refractivity (Wildman–Crippen MR) is 93.9 cm³/mol. The third-order valence-corrected chi connectivity index (χ3v) is 5.06. The fourth-order valence-corrected chi connectivity index (χ4v) is 3.78. The summed E-state index contributed by atoms with van der Waals surface area (Å²) in [7, 11) is 1.85. The van der Waals surface area contributed by atoms with Crippen molar-refractivity contribution in [2.75, 3.05) is 20.1 Å². The SMILES string of the molecule is CN=C(NCc1nnc2n1CCC2)N1CCC(c2ccccc2)C1. The van der Waals surface area contributed by atoms with Crippen LogP contribution in [0.4, 0.5) is 0 Å². The van der Waals surface area contributed by atoms with Crippen molar-refractivity contribution in [2.24, 2.45) is 4.99 Å². The lowest BCUT2D eigenvalue weighted by Crippen LogP contribution is -2.40. The summed E-state index contributed by atoms with van der Waals surface area (Å²) in [4.78, 5) is 6.81. The van der Waals surface area contributed by atoms with Crippen molar-refractivity contribution in [3.8, 4) is 0 Å². The van der Waals surface area contributed by atoms with Crippen LogP contribution in [0.3, 0.4) is 0 Å². The Morgan fingerprint density at radius 3 is 2.96 bits per heavy atom. The number of aryl methyl sites for hydroxylation is 1. The van der Waals surface area contributed by atoms with Crippen LogP contribution in [0.1, 0.15) is 36.0 Å². The first-order chi connectivity index (χ1) is 11.8. The van der Waals surface area contributed by atoms with Crippen molar-refractivity contribution in [1.29, 1.82) is 0 Å². The molecule has 2 aliphatic rings. The van der Waals surface area contributed by atoms with Crippen LogP contribution in [0.2, 0.25) is 0 Å². The van der Waals surface area contributed by atoms with Crippen molar-refractivity contribution >= 4 is 5.96 Å². The Bertz CT molecular complexity index is 720. The number of hydrogen-bond acceptors (Lipinski definition) is 3. The number of hydrogen-bond donors (Lipinski definition) is 1. The van der Waals surface area contributed by atoms with Gasteiger partial charge in [-0.1, -0.05) is 30.3 Å². The van der Waals surface area contributed by atoms with E-state index in [-0.39, 0.29) is 0 Å². The van der Waals surface area contributed by atoms with Crippen LogP contribution >= 0.6 is 0 Å². The van der Waals surface area contributed by atoms with Gasteiger partial charge in [0.25, 0.3) is 0 Å². The lowest BCUT2D eigenvalue weighted by molar-refractivity contribution is 0.482. The van der Waals surface area contributed by atoms with Crippen LogP contribution < -0.4 is 5.32 Å². The highest BCUT2D eigenvalue weighted by Gasteiger charge is 2.26. The van der Waals surface area contributed by atoms with Crippen LogP contribution in [-0.4, -0.2) is 45.8 Å². The summed E-state index contributed by atoms with van der Waals surface area (Å²) >= 11 is 0. The van der Waals surface area contributed by atoms with Crippen LogP contribution in [-0.2, 0) is 19.5 Å². The Labute approximate surface area is 142 Å². The van der Waals surface area contributed by atoms with Gasteiger partial charge in [0.05, 0.1) is 6.54 Å². The first kappa shape index (κ1) is 15.2. The second kappa shape index (κ2) is 6.63. The summed E-state index contributed by atoms with van der Waals surface area (Å²) in [6.45, 7) is 3.78. The normalized spacial score (nSPS) is 20.5. The minimum Gasteiger partial charge on any atom is -0.349 e. The number of nitrogens with one attached hydrogen (secondary N) is 1. The number of rotatable bonds is 3. The summed E-state index contributed by atoms with van der Waals surface area (Å²) in [6.07, 6.45) is 3.40. The third-order valence-electron chi connectivity index (χ3n) is 5.06. The minimum absolute atomic E-state index is 0.585. The van der Waals surface area contributed by atoms with Crippen LogP contribution in [0.25, 0.3) is 0 Å². The molecule has 0 spiro atoms. The molecule has 0 radical (unpaired) electrons. The van der Waals surface area contributed by atoms with Crippen molar-refractivity contribution in [1.82, 2.24) is 25.0 Å². The van der Waals surface area contributed by atoms with E-state index in [0.29, 0.717) is 12.5 Å². The lowest BCUT2D eigenvalue weighted by Gasteiger charge is -2.21. The summed E-state index contributed by atoms with van der Waals surface area (Å²) in [5, 5.41) is 12.0. The average Bonchev–Trinajstić information content (AvgIpc) is 3.34. The maximum Gasteiger partial charge on any atom is 0.194 e. The van der Waals surface area contributed by atoms with Crippen molar-refractivity contribution in [3.05, 3.63) is 47.5 Å². The molecule has 6 nitrogen and oxygen atoms in total. The zero-order valence-electron chi connectivity index (χ0n) is 14.1. The van der Waals surface area contributed by atoms with Crippen molar-refractivity contribution in [2.45, 2.75) is 38.3 Å². The monoisotopic (exact) mass is 324 g/mol. The molecule has 0 amide bonds. The summed E-state index contributed by atoms with van der Waals surface area (Å²) in [5.74, 6) is 3.68. The summed E-state index contributed by atoms with van der Waals surface area (Å²) < 4.78 is 2.23. The van der Waals surface area contributed by atoms with Gasteiger partial charge in [-0.3, -0.25) is 4.99 Å². The second-order valence-electron chi connectivity index (χ2n) is 6.53. The molecule has 4 rings (SSSR count). The highest BCUT2D eigenvalue weighted by Crippen LogP contribution is 2.26. The Morgan fingerprint density at radius 1 is 1.25 bits per heavy atom. The highest BCUT2D eigenvalue weighted by atomic mass is 15.3. The molecule has 1 aromatic carbocycles. The maximum absolute atomic E-state index is 4.47. The number of nitrogens with zero attached hydrogens (tertiary/aromatic N) is 5. The van der Waals surface area contributed by atoms with Crippen LogP contribution in [0, 0.1) is 0 Å². The van der Waals surface area contributed by atoms with E-state index in [1.54, 1.807) is 0 Å². The maximum atomic E-state index is 4.47. The molecule has 1 N–H and O–H groups in total. The molecule has 1 saturated heterocycles. The van der Waals surface area contributed by atoms with E-state index in [2.05, 4.69) is 60.3 Å². The highest BCUT2D eigenvalue weighted by molar-refractivity contribution is 5.80. The van der Waals surface area contributed by atoms with Gasteiger partial charge in [-0.05, 0) is 18.4 Å². The summed E-state index contributed by atoms with van der Waals surface area (Å²) in [6, 6.07) is 10.8. The van der Waals surface area contributed by atoms with E-state index in [4.69, 9.17) is 0 Å². The molecule has 1 aromatic heterocycles. The van der Waals surface area contributed by atoms with Gasteiger partial charge in [0.1, 0.15) is 5.82 Å². The second-order valence-corrected chi connectivity index (χ2v) is 6.53. The first-order valence-electron chi connectivity index (χ1n) is 8.76. The molecule has 6 heteroatoms. The largest absolute Gasteiger partial charge is 0.349 e. The smallest absolute Gasteiger partial charge is 0.194 e. The van der Waals surface area contributed by atoms with Crippen LogP contribution in [0.15, 0.2) is 35.3 Å². The fraction of sp³-hybridized carbons (Fsp3) is 0.500. The van der Waals surface area contributed by atoms with Crippen molar-refractivity contribution < 1.29 is 0 Å². The summed E-state index contributed by atoms with van der Waals surface area (Å²) in [5.41, 5.74) is 1.42. The standard InChI is InChI=1S/C18H24N6/c1-19-18(20-12-17-22-21-16-8-5-10-24(16)17)23-11-9-15(13-23)14-6-3-2-4-7-14/h2-4,6-7,15H,5,8-13H2,1H3,(H,19,20). The van der Waals surface area contributed by atoms with E-state index >= 15 is 0 Å². The third kappa shape index (κ3) is 2.88. The molecule has 0 aliphatic carbocycles. The molecule has 1 fully saturated rings. The molecule has 1 unspecified atom stereocenters. The molecule has 1 atom stereocenters. The van der Waals surface area contributed by atoms with Crippen LogP contribution in [0.5, 0.6) is 0 Å². The number of likely N-dealkylation sites (tertiary alicyclic amines) is 1. The van der Waals surface area contributed by atoms with Gasteiger partial charge in [0.2, 0.25) is 0 Å². The fourth-order valence-electron chi connectivity index (χ4n) is 3.78. The van der Waals surface area contributed by atoms with E-state index < -0.39 is 0 Å².